The van der Waals surface area contributed by atoms with Crippen LogP contribution < -0.4 is 5.32 Å². The van der Waals surface area contributed by atoms with Crippen molar-refractivity contribution in [1.29, 1.82) is 0 Å². The highest BCUT2D eigenvalue weighted by Gasteiger charge is 2.35. The summed E-state index contributed by atoms with van der Waals surface area (Å²) in [6.45, 7) is 1.59. The first kappa shape index (κ1) is 15.3. The van der Waals surface area contributed by atoms with Gasteiger partial charge in [-0.25, -0.2) is 13.4 Å². The minimum Gasteiger partial charge on any atom is -0.345 e. The standard InChI is InChI=1S/C16H17N5O2S/c22-24(23,15-11-20-16-13(15)4-2-6-19-16)21-8-7-18-10-14(21)12-3-1-5-17-9-12/h1-6,9,11,14,18H,7-8,10H2,(H,19,20). The summed E-state index contributed by atoms with van der Waals surface area (Å²) in [6.07, 6.45) is 6.56. The molecule has 1 aliphatic heterocycles. The van der Waals surface area contributed by atoms with Crippen molar-refractivity contribution in [3.63, 3.8) is 0 Å². The Balaban J connectivity index is 1.79. The minimum absolute atomic E-state index is 0.265. The number of pyridine rings is 2. The van der Waals surface area contributed by atoms with Gasteiger partial charge in [0, 0.05) is 49.8 Å². The Hall–Kier alpha value is -2.29. The van der Waals surface area contributed by atoms with Gasteiger partial charge in [0.05, 0.1) is 6.04 Å². The molecule has 0 spiro atoms. The Morgan fingerprint density at radius 3 is 2.92 bits per heavy atom. The molecule has 4 rings (SSSR count). The lowest BCUT2D eigenvalue weighted by atomic mass is 10.1. The molecule has 0 amide bonds. The van der Waals surface area contributed by atoms with Gasteiger partial charge >= 0.3 is 0 Å². The zero-order chi connectivity index (χ0) is 16.6. The van der Waals surface area contributed by atoms with Crippen molar-refractivity contribution >= 4 is 21.1 Å². The van der Waals surface area contributed by atoms with E-state index < -0.39 is 10.0 Å². The van der Waals surface area contributed by atoms with Crippen molar-refractivity contribution in [1.82, 2.24) is 24.6 Å². The van der Waals surface area contributed by atoms with E-state index >= 15 is 0 Å². The highest BCUT2D eigenvalue weighted by molar-refractivity contribution is 7.89. The van der Waals surface area contributed by atoms with Gasteiger partial charge < -0.3 is 10.3 Å². The van der Waals surface area contributed by atoms with Gasteiger partial charge in [-0.3, -0.25) is 4.98 Å². The van der Waals surface area contributed by atoms with Gasteiger partial charge in [-0.2, -0.15) is 4.31 Å². The van der Waals surface area contributed by atoms with E-state index in [0.717, 1.165) is 5.56 Å². The Kier molecular flexibility index (Phi) is 3.79. The first-order valence-electron chi connectivity index (χ1n) is 7.72. The maximum atomic E-state index is 13.3. The molecule has 1 unspecified atom stereocenters. The Morgan fingerprint density at radius 2 is 2.08 bits per heavy atom. The zero-order valence-electron chi connectivity index (χ0n) is 12.9. The van der Waals surface area contributed by atoms with Gasteiger partial charge in [-0.1, -0.05) is 6.07 Å². The Morgan fingerprint density at radius 1 is 1.21 bits per heavy atom. The number of rotatable bonds is 3. The number of H-pyrrole nitrogens is 1. The fourth-order valence-corrected chi connectivity index (χ4v) is 4.87. The summed E-state index contributed by atoms with van der Waals surface area (Å²) >= 11 is 0. The van der Waals surface area contributed by atoms with E-state index in [2.05, 4.69) is 20.3 Å². The van der Waals surface area contributed by atoms with E-state index in [1.54, 1.807) is 35.0 Å². The fraction of sp³-hybridized carbons (Fsp3) is 0.250. The van der Waals surface area contributed by atoms with Crippen LogP contribution in [-0.4, -0.2) is 47.3 Å². The number of fused-ring (bicyclic) bond motifs is 1. The summed E-state index contributed by atoms with van der Waals surface area (Å²) in [7, 11) is -3.65. The molecule has 7 nitrogen and oxygen atoms in total. The van der Waals surface area contributed by atoms with E-state index in [1.165, 1.54) is 6.20 Å². The Bertz CT molecular complexity index is 955. The highest BCUT2D eigenvalue weighted by Crippen LogP contribution is 2.31. The first-order valence-corrected chi connectivity index (χ1v) is 9.16. The molecule has 124 valence electrons. The lowest BCUT2D eigenvalue weighted by molar-refractivity contribution is 0.271. The first-order chi connectivity index (χ1) is 11.7. The van der Waals surface area contributed by atoms with Crippen LogP contribution in [0.25, 0.3) is 11.0 Å². The average Bonchev–Trinajstić information content (AvgIpc) is 3.07. The number of aromatic amines is 1. The van der Waals surface area contributed by atoms with Crippen molar-refractivity contribution in [3.8, 4) is 0 Å². The van der Waals surface area contributed by atoms with Gasteiger partial charge in [-0.05, 0) is 23.8 Å². The lowest BCUT2D eigenvalue weighted by Gasteiger charge is -2.35. The molecule has 1 aliphatic rings. The number of nitrogens with zero attached hydrogens (tertiary/aromatic N) is 3. The number of aromatic nitrogens is 3. The molecule has 1 fully saturated rings. The summed E-state index contributed by atoms with van der Waals surface area (Å²) < 4.78 is 28.1. The van der Waals surface area contributed by atoms with Gasteiger partial charge in [0.25, 0.3) is 0 Å². The van der Waals surface area contributed by atoms with Gasteiger partial charge in [0.15, 0.2) is 0 Å². The fourth-order valence-electron chi connectivity index (χ4n) is 3.10. The summed E-state index contributed by atoms with van der Waals surface area (Å²) in [5.74, 6) is 0. The predicted octanol–water partition coefficient (Wildman–Crippen LogP) is 1.29. The third-order valence-corrected chi connectivity index (χ3v) is 6.21. The van der Waals surface area contributed by atoms with Crippen LogP contribution in [0.4, 0.5) is 0 Å². The predicted molar refractivity (Wildman–Crippen MR) is 89.8 cm³/mol. The SMILES string of the molecule is O=S(=O)(c1c[nH]c2ncccc12)N1CCNCC1c1cccnc1. The summed E-state index contributed by atoms with van der Waals surface area (Å²) in [4.78, 5) is 11.5. The molecule has 0 saturated carbocycles. The number of hydrogen-bond acceptors (Lipinski definition) is 5. The van der Waals surface area contributed by atoms with E-state index in [-0.39, 0.29) is 10.9 Å². The molecule has 2 N–H and O–H groups in total. The average molecular weight is 343 g/mol. The van der Waals surface area contributed by atoms with E-state index in [4.69, 9.17) is 0 Å². The second kappa shape index (κ2) is 5.97. The van der Waals surface area contributed by atoms with Crippen molar-refractivity contribution in [2.24, 2.45) is 0 Å². The van der Waals surface area contributed by atoms with Crippen LogP contribution in [0.5, 0.6) is 0 Å². The molecule has 0 radical (unpaired) electrons. The molecule has 24 heavy (non-hydrogen) atoms. The minimum atomic E-state index is -3.65. The summed E-state index contributed by atoms with van der Waals surface area (Å²) in [5.41, 5.74) is 1.45. The quantitative estimate of drug-likeness (QED) is 0.748. The molecular weight excluding hydrogens is 326 g/mol. The number of sulfonamides is 1. The number of piperazine rings is 1. The van der Waals surface area contributed by atoms with Gasteiger partial charge in [0.1, 0.15) is 10.5 Å². The van der Waals surface area contributed by atoms with Crippen LogP contribution in [0.1, 0.15) is 11.6 Å². The van der Waals surface area contributed by atoms with Crippen molar-refractivity contribution in [2.75, 3.05) is 19.6 Å². The molecule has 3 aromatic rings. The Labute approximate surface area is 139 Å². The maximum absolute atomic E-state index is 13.3. The smallest absolute Gasteiger partial charge is 0.245 e. The normalized spacial score (nSPS) is 19.6. The number of hydrogen-bond donors (Lipinski definition) is 2. The molecule has 1 saturated heterocycles. The lowest BCUT2D eigenvalue weighted by Crippen LogP contribution is -2.48. The second-order valence-corrected chi connectivity index (χ2v) is 7.53. The molecule has 0 aromatic carbocycles. The third-order valence-electron chi connectivity index (χ3n) is 4.26. The molecule has 0 aliphatic carbocycles. The zero-order valence-corrected chi connectivity index (χ0v) is 13.7. The molecule has 3 aromatic heterocycles. The summed E-state index contributed by atoms with van der Waals surface area (Å²) in [6, 6.07) is 6.96. The number of nitrogens with one attached hydrogen (secondary N) is 2. The molecule has 8 heteroatoms. The maximum Gasteiger partial charge on any atom is 0.245 e. The van der Waals surface area contributed by atoms with Crippen molar-refractivity contribution in [2.45, 2.75) is 10.9 Å². The third kappa shape index (κ3) is 2.48. The van der Waals surface area contributed by atoms with Crippen molar-refractivity contribution in [3.05, 3.63) is 54.6 Å². The molecule has 1 atom stereocenters. The van der Waals surface area contributed by atoms with E-state index in [9.17, 15) is 8.42 Å². The van der Waals surface area contributed by atoms with Crippen LogP contribution in [0.15, 0.2) is 53.9 Å². The van der Waals surface area contributed by atoms with Crippen LogP contribution in [0.3, 0.4) is 0 Å². The van der Waals surface area contributed by atoms with E-state index in [1.807, 2.05) is 12.1 Å². The van der Waals surface area contributed by atoms with Crippen LogP contribution in [0, 0.1) is 0 Å². The second-order valence-electron chi connectivity index (χ2n) is 5.67. The topological polar surface area (TPSA) is 91.0 Å². The van der Waals surface area contributed by atoms with Crippen molar-refractivity contribution < 1.29 is 8.42 Å². The molecule has 4 heterocycles. The molecule has 0 bridgehead atoms. The van der Waals surface area contributed by atoms with E-state index in [0.29, 0.717) is 30.7 Å². The van der Waals surface area contributed by atoms with Crippen LogP contribution >= 0.6 is 0 Å². The largest absolute Gasteiger partial charge is 0.345 e. The summed E-state index contributed by atoms with van der Waals surface area (Å²) in [5, 5.41) is 3.88. The van der Waals surface area contributed by atoms with Crippen LogP contribution in [0.2, 0.25) is 0 Å². The van der Waals surface area contributed by atoms with Gasteiger partial charge in [0.2, 0.25) is 10.0 Å². The van der Waals surface area contributed by atoms with Crippen LogP contribution in [-0.2, 0) is 10.0 Å². The molecular formula is C16H17N5O2S. The van der Waals surface area contributed by atoms with Gasteiger partial charge in [-0.15, -0.1) is 0 Å². The monoisotopic (exact) mass is 343 g/mol. The highest BCUT2D eigenvalue weighted by atomic mass is 32.2.